The zero-order valence-corrected chi connectivity index (χ0v) is 12.4. The van der Waals surface area contributed by atoms with Crippen molar-refractivity contribution in [1.29, 1.82) is 0 Å². The minimum atomic E-state index is -0.871. The lowest BCUT2D eigenvalue weighted by atomic mass is 10.3. The molecule has 1 aromatic carbocycles. The van der Waals surface area contributed by atoms with Gasteiger partial charge in [0.1, 0.15) is 5.75 Å². The Balaban J connectivity index is 0. The highest BCUT2D eigenvalue weighted by molar-refractivity contribution is 5.66. The van der Waals surface area contributed by atoms with E-state index in [-0.39, 0.29) is 19.8 Å². The second-order valence-corrected chi connectivity index (χ2v) is 3.33. The van der Waals surface area contributed by atoms with E-state index in [1.165, 1.54) is 6.42 Å². The number of ether oxygens (including phenoxy) is 2. The van der Waals surface area contributed by atoms with Crippen molar-refractivity contribution in [3.8, 4) is 5.75 Å². The Morgan fingerprint density at radius 1 is 1.16 bits per heavy atom. The van der Waals surface area contributed by atoms with Crippen LogP contribution in [0, 0.1) is 0 Å². The zero-order valence-electron chi connectivity index (χ0n) is 12.4. The Bertz CT molecular complexity index is 285. The van der Waals surface area contributed by atoms with E-state index in [1.54, 1.807) is 12.1 Å². The highest BCUT2D eigenvalue weighted by atomic mass is 16.7. The largest absolute Gasteiger partial charge is 0.481 e. The normalized spacial score (nSPS) is 8.42. The molecule has 1 rings (SSSR count). The van der Waals surface area contributed by atoms with Crippen molar-refractivity contribution in [2.75, 3.05) is 13.4 Å². The standard InChI is InChI=1S/C10H12O4.C3H8.C2H6/c11-10(12)6-7-13-8-14-9-4-2-1-3-5-9;1-3-2;1-2/h1-5H,6-8H2,(H,11,12);3H2,1-2H3;1-2H3. The first kappa shape index (κ1) is 19.8. The Morgan fingerprint density at radius 3 is 2.16 bits per heavy atom. The van der Waals surface area contributed by atoms with Gasteiger partial charge in [0.15, 0.2) is 6.79 Å². The summed E-state index contributed by atoms with van der Waals surface area (Å²) in [5, 5.41) is 8.31. The summed E-state index contributed by atoms with van der Waals surface area (Å²) in [5.41, 5.74) is 0. The molecule has 0 saturated heterocycles. The maximum atomic E-state index is 10.1. The van der Waals surface area contributed by atoms with E-state index in [0.29, 0.717) is 5.75 Å². The summed E-state index contributed by atoms with van der Waals surface area (Å²) in [6.45, 7) is 8.50. The Hall–Kier alpha value is -1.55. The molecule has 0 fully saturated rings. The fraction of sp³-hybridized carbons (Fsp3) is 0.533. The lowest BCUT2D eigenvalue weighted by Gasteiger charge is -2.05. The second-order valence-electron chi connectivity index (χ2n) is 3.33. The lowest BCUT2D eigenvalue weighted by molar-refractivity contribution is -0.138. The van der Waals surface area contributed by atoms with Crippen LogP contribution in [0.3, 0.4) is 0 Å². The van der Waals surface area contributed by atoms with Gasteiger partial charge in [-0.15, -0.1) is 0 Å². The Kier molecular flexibility index (Phi) is 17.1. The number of aliphatic carboxylic acids is 1. The van der Waals surface area contributed by atoms with E-state index in [9.17, 15) is 4.79 Å². The van der Waals surface area contributed by atoms with Crippen LogP contribution in [0.2, 0.25) is 0 Å². The number of carboxylic acid groups (broad SMARTS) is 1. The van der Waals surface area contributed by atoms with Crippen LogP contribution in [-0.4, -0.2) is 24.5 Å². The molecule has 0 saturated carbocycles. The predicted octanol–water partition coefficient (Wildman–Crippen LogP) is 3.96. The molecule has 0 atom stereocenters. The average Bonchev–Trinajstić information content (AvgIpc) is 2.42. The van der Waals surface area contributed by atoms with Gasteiger partial charge in [-0.3, -0.25) is 4.79 Å². The van der Waals surface area contributed by atoms with Crippen LogP contribution in [0.4, 0.5) is 0 Å². The van der Waals surface area contributed by atoms with E-state index in [0.717, 1.165) is 0 Å². The first-order valence-electron chi connectivity index (χ1n) is 6.68. The summed E-state index contributed by atoms with van der Waals surface area (Å²) in [6.07, 6.45) is 1.25. The molecule has 1 aromatic rings. The fourth-order valence-corrected chi connectivity index (χ4v) is 0.845. The van der Waals surface area contributed by atoms with Crippen molar-refractivity contribution in [1.82, 2.24) is 0 Å². The van der Waals surface area contributed by atoms with E-state index in [1.807, 2.05) is 32.0 Å². The highest BCUT2D eigenvalue weighted by Crippen LogP contribution is 2.07. The van der Waals surface area contributed by atoms with Gasteiger partial charge in [-0.05, 0) is 12.1 Å². The SMILES string of the molecule is CC.CCC.O=C(O)CCOCOc1ccccc1. The lowest BCUT2D eigenvalue weighted by Crippen LogP contribution is -2.07. The van der Waals surface area contributed by atoms with Crippen LogP contribution in [0.25, 0.3) is 0 Å². The van der Waals surface area contributed by atoms with Crippen LogP contribution in [0.1, 0.15) is 40.5 Å². The predicted molar refractivity (Wildman–Crippen MR) is 77.5 cm³/mol. The molecule has 19 heavy (non-hydrogen) atoms. The Morgan fingerprint density at radius 2 is 1.68 bits per heavy atom. The third kappa shape index (κ3) is 16.4. The number of para-hydroxylation sites is 1. The van der Waals surface area contributed by atoms with Crippen molar-refractivity contribution in [3.63, 3.8) is 0 Å². The quantitative estimate of drug-likeness (QED) is 0.628. The summed E-state index contributed by atoms with van der Waals surface area (Å²) in [7, 11) is 0. The zero-order chi connectivity index (χ0) is 14.9. The van der Waals surface area contributed by atoms with Gasteiger partial charge < -0.3 is 14.6 Å². The second kappa shape index (κ2) is 16.4. The number of carboxylic acids is 1. The molecule has 0 aliphatic rings. The van der Waals surface area contributed by atoms with Crippen LogP contribution in [-0.2, 0) is 9.53 Å². The summed E-state index contributed by atoms with van der Waals surface area (Å²) >= 11 is 0. The molecule has 0 spiro atoms. The van der Waals surface area contributed by atoms with E-state index >= 15 is 0 Å². The Labute approximate surface area is 116 Å². The highest BCUT2D eigenvalue weighted by Gasteiger charge is 1.96. The van der Waals surface area contributed by atoms with Crippen LogP contribution >= 0.6 is 0 Å². The topological polar surface area (TPSA) is 55.8 Å². The van der Waals surface area contributed by atoms with E-state index in [2.05, 4.69) is 13.8 Å². The molecule has 4 heteroatoms. The van der Waals surface area contributed by atoms with Crippen molar-refractivity contribution >= 4 is 5.97 Å². The van der Waals surface area contributed by atoms with Crippen molar-refractivity contribution in [2.24, 2.45) is 0 Å². The maximum absolute atomic E-state index is 10.1. The first-order chi connectivity index (χ1) is 9.20. The molecular weight excluding hydrogens is 244 g/mol. The summed E-state index contributed by atoms with van der Waals surface area (Å²) in [5.74, 6) is -0.160. The number of rotatable bonds is 6. The minimum absolute atomic E-state index is 0.00184. The van der Waals surface area contributed by atoms with Crippen LogP contribution < -0.4 is 4.74 Å². The molecule has 0 bridgehead atoms. The molecule has 0 aliphatic carbocycles. The summed E-state index contributed by atoms with van der Waals surface area (Å²) < 4.78 is 10.1. The van der Waals surface area contributed by atoms with Gasteiger partial charge in [-0.1, -0.05) is 52.3 Å². The van der Waals surface area contributed by atoms with Crippen molar-refractivity contribution in [2.45, 2.75) is 40.5 Å². The van der Waals surface area contributed by atoms with Crippen molar-refractivity contribution < 1.29 is 19.4 Å². The molecule has 0 aromatic heterocycles. The molecule has 110 valence electrons. The van der Waals surface area contributed by atoms with Gasteiger partial charge in [0.25, 0.3) is 0 Å². The molecule has 0 unspecified atom stereocenters. The van der Waals surface area contributed by atoms with Crippen LogP contribution in [0.5, 0.6) is 5.75 Å². The third-order valence-corrected chi connectivity index (χ3v) is 1.51. The average molecular weight is 270 g/mol. The monoisotopic (exact) mass is 270 g/mol. The molecule has 0 radical (unpaired) electrons. The van der Waals surface area contributed by atoms with Gasteiger partial charge >= 0.3 is 5.97 Å². The molecule has 4 nitrogen and oxygen atoms in total. The smallest absolute Gasteiger partial charge is 0.305 e. The van der Waals surface area contributed by atoms with E-state index in [4.69, 9.17) is 14.6 Å². The van der Waals surface area contributed by atoms with Gasteiger partial charge in [0, 0.05) is 0 Å². The first-order valence-corrected chi connectivity index (χ1v) is 6.68. The van der Waals surface area contributed by atoms with Gasteiger partial charge in [-0.2, -0.15) is 0 Å². The molecule has 1 N–H and O–H groups in total. The number of carbonyl (C=O) groups is 1. The maximum Gasteiger partial charge on any atom is 0.305 e. The van der Waals surface area contributed by atoms with Gasteiger partial charge in [0.05, 0.1) is 13.0 Å². The molecule has 0 amide bonds. The third-order valence-electron chi connectivity index (χ3n) is 1.51. The molecule has 0 aliphatic heterocycles. The summed E-state index contributed by atoms with van der Waals surface area (Å²) in [4.78, 5) is 10.1. The fourth-order valence-electron chi connectivity index (χ4n) is 0.845. The number of benzene rings is 1. The molecular formula is C15H26O4. The molecule has 0 heterocycles. The summed E-state index contributed by atoms with van der Waals surface area (Å²) in [6, 6.07) is 9.21. The number of hydrogen-bond acceptors (Lipinski definition) is 3. The van der Waals surface area contributed by atoms with Crippen molar-refractivity contribution in [3.05, 3.63) is 30.3 Å². The van der Waals surface area contributed by atoms with E-state index < -0.39 is 5.97 Å². The number of hydrogen-bond donors (Lipinski definition) is 1. The van der Waals surface area contributed by atoms with Gasteiger partial charge in [0.2, 0.25) is 0 Å². The van der Waals surface area contributed by atoms with Gasteiger partial charge in [-0.25, -0.2) is 0 Å². The van der Waals surface area contributed by atoms with Crippen LogP contribution in [0.15, 0.2) is 30.3 Å². The minimum Gasteiger partial charge on any atom is -0.481 e.